The Morgan fingerprint density at radius 1 is 1.29 bits per heavy atom. The smallest absolute Gasteiger partial charge is 0.234 e. The number of anilines is 3. The summed E-state index contributed by atoms with van der Waals surface area (Å²) in [6.07, 6.45) is 0. The molecule has 2 aromatic rings. The summed E-state index contributed by atoms with van der Waals surface area (Å²) < 4.78 is 0. The average Bonchev–Trinajstić information content (AvgIpc) is 2.39. The molecule has 21 heavy (non-hydrogen) atoms. The van der Waals surface area contributed by atoms with E-state index in [4.69, 9.17) is 23.1 Å². The van der Waals surface area contributed by atoms with E-state index in [2.05, 4.69) is 15.3 Å². The van der Waals surface area contributed by atoms with Crippen LogP contribution in [0.5, 0.6) is 0 Å². The maximum Gasteiger partial charge on any atom is 0.234 e. The number of aromatic nitrogens is 2. The molecule has 5 N–H and O–H groups in total. The average molecular weight is 324 g/mol. The predicted octanol–water partition coefficient (Wildman–Crippen LogP) is 2.33. The lowest BCUT2D eigenvalue weighted by Crippen LogP contribution is -2.14. The number of hydrogen-bond acceptors (Lipinski definition) is 6. The van der Waals surface area contributed by atoms with Crippen LogP contribution in [0.2, 0.25) is 5.02 Å². The van der Waals surface area contributed by atoms with Gasteiger partial charge in [-0.25, -0.2) is 9.97 Å². The number of benzene rings is 1. The van der Waals surface area contributed by atoms with E-state index in [0.29, 0.717) is 15.9 Å². The van der Waals surface area contributed by atoms with Gasteiger partial charge in [0.1, 0.15) is 11.6 Å². The third kappa shape index (κ3) is 4.51. The summed E-state index contributed by atoms with van der Waals surface area (Å²) in [7, 11) is 0. The highest BCUT2D eigenvalue weighted by Gasteiger charge is 2.09. The number of carbonyl (C=O) groups is 1. The van der Waals surface area contributed by atoms with Gasteiger partial charge in [0.2, 0.25) is 5.91 Å². The monoisotopic (exact) mass is 323 g/mol. The Labute approximate surface area is 131 Å². The van der Waals surface area contributed by atoms with Crippen LogP contribution in [0.25, 0.3) is 0 Å². The van der Waals surface area contributed by atoms with Crippen molar-refractivity contribution in [2.24, 2.45) is 0 Å². The summed E-state index contributed by atoms with van der Waals surface area (Å²) in [6, 6.07) is 6.87. The summed E-state index contributed by atoms with van der Waals surface area (Å²) in [5, 5.41) is 3.58. The molecule has 0 spiro atoms. The molecule has 1 aromatic heterocycles. The summed E-state index contributed by atoms with van der Waals surface area (Å²) in [5.41, 5.74) is 12.7. The van der Waals surface area contributed by atoms with Crippen LogP contribution >= 0.6 is 23.4 Å². The Bertz CT molecular complexity index is 659. The molecule has 0 aliphatic heterocycles. The van der Waals surface area contributed by atoms with Gasteiger partial charge in [0.25, 0.3) is 0 Å². The van der Waals surface area contributed by atoms with Crippen molar-refractivity contribution in [2.45, 2.75) is 12.1 Å². The predicted molar refractivity (Wildman–Crippen MR) is 86.4 cm³/mol. The Morgan fingerprint density at radius 3 is 2.57 bits per heavy atom. The number of halogens is 1. The Balaban J connectivity index is 1.95. The fourth-order valence-electron chi connectivity index (χ4n) is 1.56. The molecule has 0 fully saturated rings. The van der Waals surface area contributed by atoms with Crippen LogP contribution in [0, 0.1) is 6.92 Å². The molecule has 0 bridgehead atoms. The van der Waals surface area contributed by atoms with Crippen LogP contribution in [0.15, 0.2) is 29.4 Å². The van der Waals surface area contributed by atoms with E-state index in [9.17, 15) is 4.79 Å². The zero-order valence-electron chi connectivity index (χ0n) is 11.3. The van der Waals surface area contributed by atoms with E-state index in [1.54, 1.807) is 12.1 Å². The summed E-state index contributed by atoms with van der Waals surface area (Å²) in [5.74, 6) is 0.460. The molecule has 2 rings (SSSR count). The van der Waals surface area contributed by atoms with Crippen molar-refractivity contribution in [2.75, 3.05) is 22.5 Å². The van der Waals surface area contributed by atoms with E-state index in [0.717, 1.165) is 17.3 Å². The van der Waals surface area contributed by atoms with Crippen molar-refractivity contribution in [3.8, 4) is 0 Å². The first-order chi connectivity index (χ1) is 9.94. The summed E-state index contributed by atoms with van der Waals surface area (Å²) in [4.78, 5) is 19.9. The van der Waals surface area contributed by atoms with Gasteiger partial charge in [-0.05, 0) is 24.6 Å². The van der Waals surface area contributed by atoms with Crippen LogP contribution in [-0.4, -0.2) is 21.6 Å². The molecule has 1 heterocycles. The van der Waals surface area contributed by atoms with Crippen molar-refractivity contribution in [3.05, 3.63) is 34.9 Å². The van der Waals surface area contributed by atoms with E-state index >= 15 is 0 Å². The zero-order valence-corrected chi connectivity index (χ0v) is 12.8. The Kier molecular flexibility index (Phi) is 4.87. The normalized spacial score (nSPS) is 10.4. The van der Waals surface area contributed by atoms with Gasteiger partial charge in [-0.15, -0.1) is 0 Å². The second-order valence-corrected chi connectivity index (χ2v) is 5.67. The van der Waals surface area contributed by atoms with E-state index in [1.807, 2.05) is 13.0 Å². The number of nitrogens with two attached hydrogens (primary N) is 2. The second kappa shape index (κ2) is 6.64. The first-order valence-electron chi connectivity index (χ1n) is 6.03. The zero-order chi connectivity index (χ0) is 15.4. The molecule has 8 heteroatoms. The number of nitrogens with zero attached hydrogens (tertiary/aromatic N) is 2. The number of hydrogen-bond donors (Lipinski definition) is 3. The van der Waals surface area contributed by atoms with E-state index in [-0.39, 0.29) is 23.3 Å². The SMILES string of the molecule is Cc1ccc(NC(=O)CSc2nc(N)cc(N)n2)c(Cl)c1. The lowest BCUT2D eigenvalue weighted by molar-refractivity contribution is -0.113. The molecule has 1 aromatic carbocycles. The van der Waals surface area contributed by atoms with Gasteiger partial charge in [0.15, 0.2) is 5.16 Å². The standard InChI is InChI=1S/C13H14ClN5OS/c1-7-2-3-9(8(14)4-7)17-12(20)6-21-13-18-10(15)5-11(16)19-13/h2-5H,6H2,1H3,(H,17,20)(H4,15,16,18,19). The van der Waals surface area contributed by atoms with Crippen LogP contribution in [0.1, 0.15) is 5.56 Å². The van der Waals surface area contributed by atoms with Crippen molar-refractivity contribution in [3.63, 3.8) is 0 Å². The molecule has 0 radical (unpaired) electrons. The molecule has 0 atom stereocenters. The fraction of sp³-hybridized carbons (Fsp3) is 0.154. The number of thioether (sulfide) groups is 1. The fourth-order valence-corrected chi connectivity index (χ4v) is 2.52. The summed E-state index contributed by atoms with van der Waals surface area (Å²) >= 11 is 7.20. The molecule has 110 valence electrons. The first-order valence-corrected chi connectivity index (χ1v) is 7.39. The van der Waals surface area contributed by atoms with Gasteiger partial charge in [-0.2, -0.15) is 0 Å². The minimum Gasteiger partial charge on any atom is -0.383 e. The van der Waals surface area contributed by atoms with Gasteiger partial charge in [0.05, 0.1) is 16.5 Å². The number of carbonyl (C=O) groups excluding carboxylic acids is 1. The lowest BCUT2D eigenvalue weighted by Gasteiger charge is -2.07. The number of rotatable bonds is 4. The molecule has 0 aliphatic carbocycles. The molecule has 0 saturated carbocycles. The van der Waals surface area contributed by atoms with Crippen molar-refractivity contribution in [1.82, 2.24) is 9.97 Å². The highest BCUT2D eigenvalue weighted by Crippen LogP contribution is 2.23. The van der Waals surface area contributed by atoms with E-state index < -0.39 is 0 Å². The Hall–Kier alpha value is -1.99. The van der Waals surface area contributed by atoms with Gasteiger partial charge >= 0.3 is 0 Å². The highest BCUT2D eigenvalue weighted by molar-refractivity contribution is 7.99. The van der Waals surface area contributed by atoms with Crippen molar-refractivity contribution >= 4 is 46.6 Å². The molecule has 0 saturated heterocycles. The highest BCUT2D eigenvalue weighted by atomic mass is 35.5. The number of nitrogens with one attached hydrogen (secondary N) is 1. The summed E-state index contributed by atoms with van der Waals surface area (Å²) in [6.45, 7) is 1.93. The minimum atomic E-state index is -0.213. The number of aryl methyl sites for hydroxylation is 1. The molecule has 1 amide bonds. The number of amides is 1. The van der Waals surface area contributed by atoms with Crippen LogP contribution in [0.3, 0.4) is 0 Å². The molecule has 0 aliphatic rings. The molecular formula is C13H14ClN5OS. The van der Waals surface area contributed by atoms with Crippen LogP contribution in [-0.2, 0) is 4.79 Å². The molecule has 6 nitrogen and oxygen atoms in total. The third-order valence-corrected chi connectivity index (χ3v) is 3.64. The third-order valence-electron chi connectivity index (χ3n) is 2.48. The van der Waals surface area contributed by atoms with Gasteiger partial charge in [-0.3, -0.25) is 4.79 Å². The van der Waals surface area contributed by atoms with E-state index in [1.165, 1.54) is 6.07 Å². The van der Waals surface area contributed by atoms with Gasteiger partial charge in [0, 0.05) is 6.07 Å². The topological polar surface area (TPSA) is 107 Å². The first kappa shape index (κ1) is 15.4. The number of nitrogen functional groups attached to an aromatic ring is 2. The minimum absolute atomic E-state index is 0.132. The van der Waals surface area contributed by atoms with Crippen LogP contribution in [0.4, 0.5) is 17.3 Å². The van der Waals surface area contributed by atoms with Gasteiger partial charge < -0.3 is 16.8 Å². The van der Waals surface area contributed by atoms with Crippen molar-refractivity contribution in [1.29, 1.82) is 0 Å². The van der Waals surface area contributed by atoms with Crippen LogP contribution < -0.4 is 16.8 Å². The quantitative estimate of drug-likeness (QED) is 0.589. The lowest BCUT2D eigenvalue weighted by atomic mass is 10.2. The maximum absolute atomic E-state index is 11.9. The van der Waals surface area contributed by atoms with Crippen molar-refractivity contribution < 1.29 is 4.79 Å². The van der Waals surface area contributed by atoms with Gasteiger partial charge in [-0.1, -0.05) is 29.4 Å². The second-order valence-electron chi connectivity index (χ2n) is 4.32. The largest absolute Gasteiger partial charge is 0.383 e. The Morgan fingerprint density at radius 2 is 1.95 bits per heavy atom. The molecule has 0 unspecified atom stereocenters. The maximum atomic E-state index is 11.9. The molecular weight excluding hydrogens is 310 g/mol.